The van der Waals surface area contributed by atoms with E-state index in [4.69, 9.17) is 10.5 Å². The molecule has 3 aliphatic carbocycles. The van der Waals surface area contributed by atoms with Gasteiger partial charge in [0.2, 0.25) is 0 Å². The second kappa shape index (κ2) is 8.46. The van der Waals surface area contributed by atoms with E-state index in [1.807, 2.05) is 0 Å². The van der Waals surface area contributed by atoms with Gasteiger partial charge in [0.15, 0.2) is 0 Å². The fourth-order valence-electron chi connectivity index (χ4n) is 7.97. The minimum Gasteiger partial charge on any atom is -0.466 e. The normalized spacial score (nSPS) is 45.3. The van der Waals surface area contributed by atoms with E-state index < -0.39 is 5.60 Å². The van der Waals surface area contributed by atoms with E-state index in [9.17, 15) is 9.90 Å². The third-order valence-electron chi connectivity index (χ3n) is 9.92. The highest BCUT2D eigenvalue weighted by molar-refractivity contribution is 7.10. The van der Waals surface area contributed by atoms with Crippen LogP contribution in [-0.4, -0.2) is 24.2 Å². The molecule has 1 aromatic heterocycles. The average molecular weight is 448 g/mol. The van der Waals surface area contributed by atoms with Crippen molar-refractivity contribution in [3.63, 3.8) is 0 Å². The highest BCUT2D eigenvalue weighted by atomic mass is 32.1. The van der Waals surface area contributed by atoms with Crippen molar-refractivity contribution in [2.45, 2.75) is 78.2 Å². The van der Waals surface area contributed by atoms with Crippen LogP contribution in [0.2, 0.25) is 0 Å². The number of esters is 1. The van der Waals surface area contributed by atoms with Crippen LogP contribution in [0.3, 0.4) is 0 Å². The van der Waals surface area contributed by atoms with Crippen LogP contribution in [0, 0.1) is 40.4 Å². The van der Waals surface area contributed by atoms with Crippen molar-refractivity contribution in [3.8, 4) is 0 Å². The van der Waals surface area contributed by atoms with Gasteiger partial charge in [-0.25, -0.2) is 0 Å². The number of hydrogen-bond acceptors (Lipinski definition) is 5. The van der Waals surface area contributed by atoms with Crippen LogP contribution in [0.4, 0.5) is 0 Å². The molecule has 31 heavy (non-hydrogen) atoms. The number of hydrogen-bond donors (Lipinski definition) is 2. The largest absolute Gasteiger partial charge is 0.466 e. The third kappa shape index (κ3) is 3.69. The standard InChI is InChI=1S/C26H41NO3S/c1-17-7-10-24(3,19(14-17)16-30-18(2)28)21-8-11-25(4)22(20(21)15-27)9-12-26(25,29)23-6-5-13-31-23/h5-6,13,17,19-22,29H,7-12,14-16,27H2,1-4H3/t17-,19+,20+,21-,22-,24-,25-,26+/m0/s1. The summed E-state index contributed by atoms with van der Waals surface area (Å²) >= 11 is 1.69. The monoisotopic (exact) mass is 447 g/mol. The average Bonchev–Trinajstić information content (AvgIpc) is 3.36. The maximum Gasteiger partial charge on any atom is 0.302 e. The molecule has 1 aromatic rings. The number of nitrogens with two attached hydrogens (primary N) is 1. The van der Waals surface area contributed by atoms with Crippen molar-refractivity contribution in [2.75, 3.05) is 13.2 Å². The molecular weight excluding hydrogens is 406 g/mol. The van der Waals surface area contributed by atoms with Crippen molar-refractivity contribution >= 4 is 17.3 Å². The Morgan fingerprint density at radius 3 is 2.61 bits per heavy atom. The molecule has 0 bridgehead atoms. The number of rotatable bonds is 5. The Balaban J connectivity index is 1.63. The first kappa shape index (κ1) is 23.3. The summed E-state index contributed by atoms with van der Waals surface area (Å²) in [5.41, 5.74) is 5.79. The predicted octanol–water partition coefficient (Wildman–Crippen LogP) is 5.34. The molecule has 3 N–H and O–H groups in total. The number of carbonyl (C=O) groups is 1. The maximum absolute atomic E-state index is 11.9. The SMILES string of the molecule is CC(=O)OC[C@H]1C[C@@H](C)CC[C@]1(C)[C@H]1CC[C@@]2(C)[C@@H](CC[C@@]2(O)c2cccs2)[C@@H]1CN. The van der Waals surface area contributed by atoms with Gasteiger partial charge in [-0.1, -0.05) is 33.3 Å². The summed E-state index contributed by atoms with van der Waals surface area (Å²) in [4.78, 5) is 12.7. The van der Waals surface area contributed by atoms with Crippen molar-refractivity contribution < 1.29 is 14.6 Å². The molecule has 5 heteroatoms. The quantitative estimate of drug-likeness (QED) is 0.597. The molecule has 0 unspecified atom stereocenters. The van der Waals surface area contributed by atoms with Crippen molar-refractivity contribution in [1.29, 1.82) is 0 Å². The van der Waals surface area contributed by atoms with E-state index in [0.29, 0.717) is 42.7 Å². The molecule has 4 rings (SSSR count). The Morgan fingerprint density at radius 1 is 1.23 bits per heavy atom. The molecule has 3 fully saturated rings. The Bertz CT molecular complexity index is 782. The van der Waals surface area contributed by atoms with E-state index in [-0.39, 0.29) is 16.8 Å². The smallest absolute Gasteiger partial charge is 0.302 e. The summed E-state index contributed by atoms with van der Waals surface area (Å²) in [5, 5.41) is 14.0. The Hall–Kier alpha value is -0.910. The van der Waals surface area contributed by atoms with Crippen molar-refractivity contribution in [3.05, 3.63) is 22.4 Å². The van der Waals surface area contributed by atoms with E-state index in [2.05, 4.69) is 38.3 Å². The van der Waals surface area contributed by atoms with Crippen LogP contribution in [0.1, 0.15) is 77.5 Å². The van der Waals surface area contributed by atoms with Crippen LogP contribution in [0.15, 0.2) is 17.5 Å². The third-order valence-corrected chi connectivity index (χ3v) is 10.9. The van der Waals surface area contributed by atoms with Gasteiger partial charge in [-0.05, 0) is 91.5 Å². The Labute approximate surface area is 191 Å². The van der Waals surface area contributed by atoms with Gasteiger partial charge < -0.3 is 15.6 Å². The van der Waals surface area contributed by atoms with E-state index >= 15 is 0 Å². The van der Waals surface area contributed by atoms with Crippen molar-refractivity contribution in [2.24, 2.45) is 46.2 Å². The van der Waals surface area contributed by atoms with Gasteiger partial charge in [0.25, 0.3) is 0 Å². The fourth-order valence-corrected chi connectivity index (χ4v) is 8.96. The molecular formula is C26H41NO3S. The molecule has 0 saturated heterocycles. The summed E-state index contributed by atoms with van der Waals surface area (Å²) in [6.07, 6.45) is 7.57. The number of thiophene rings is 1. The first-order valence-electron chi connectivity index (χ1n) is 12.3. The first-order valence-corrected chi connectivity index (χ1v) is 13.1. The lowest BCUT2D eigenvalue weighted by Crippen LogP contribution is -2.55. The Morgan fingerprint density at radius 2 is 1.97 bits per heavy atom. The van der Waals surface area contributed by atoms with Crippen LogP contribution < -0.4 is 5.73 Å². The summed E-state index contributed by atoms with van der Waals surface area (Å²) in [6, 6.07) is 4.17. The van der Waals surface area contributed by atoms with Gasteiger partial charge in [0.05, 0.1) is 6.61 Å². The minimum absolute atomic E-state index is 0.123. The first-order chi connectivity index (χ1) is 14.7. The zero-order valence-corrected chi connectivity index (χ0v) is 20.5. The van der Waals surface area contributed by atoms with E-state index in [1.54, 1.807) is 11.3 Å². The molecule has 1 heterocycles. The van der Waals surface area contributed by atoms with E-state index in [0.717, 1.165) is 37.0 Å². The highest BCUT2D eigenvalue weighted by Crippen LogP contribution is 2.67. The highest BCUT2D eigenvalue weighted by Gasteiger charge is 2.64. The lowest BCUT2D eigenvalue weighted by Gasteiger charge is -2.58. The predicted molar refractivity (Wildman–Crippen MR) is 126 cm³/mol. The summed E-state index contributed by atoms with van der Waals surface area (Å²) in [5.74, 6) is 2.26. The van der Waals surface area contributed by atoms with Crippen LogP contribution >= 0.6 is 11.3 Å². The molecule has 0 radical (unpaired) electrons. The zero-order chi connectivity index (χ0) is 22.4. The summed E-state index contributed by atoms with van der Waals surface area (Å²) in [7, 11) is 0. The maximum atomic E-state index is 11.9. The van der Waals surface area contributed by atoms with Crippen LogP contribution in [0.5, 0.6) is 0 Å². The van der Waals surface area contributed by atoms with Gasteiger partial charge in [-0.15, -0.1) is 11.3 Å². The summed E-state index contributed by atoms with van der Waals surface area (Å²) < 4.78 is 5.56. The zero-order valence-electron chi connectivity index (χ0n) is 19.7. The molecule has 8 atom stereocenters. The second-order valence-corrected chi connectivity index (χ2v) is 12.3. The molecule has 0 amide bonds. The lowest BCUT2D eigenvalue weighted by molar-refractivity contribution is -0.154. The number of aliphatic hydroxyl groups is 1. The summed E-state index contributed by atoms with van der Waals surface area (Å²) in [6.45, 7) is 9.83. The minimum atomic E-state index is -0.733. The molecule has 4 nitrogen and oxygen atoms in total. The molecule has 3 aliphatic rings. The van der Waals surface area contributed by atoms with Crippen LogP contribution in [-0.2, 0) is 15.1 Å². The van der Waals surface area contributed by atoms with Gasteiger partial charge in [0, 0.05) is 17.2 Å². The van der Waals surface area contributed by atoms with E-state index in [1.165, 1.54) is 19.8 Å². The molecule has 174 valence electrons. The Kier molecular flexibility index (Phi) is 6.35. The van der Waals surface area contributed by atoms with Gasteiger partial charge in [-0.2, -0.15) is 0 Å². The van der Waals surface area contributed by atoms with Gasteiger partial charge in [0.1, 0.15) is 5.60 Å². The molecule has 3 saturated carbocycles. The van der Waals surface area contributed by atoms with Gasteiger partial charge >= 0.3 is 5.97 Å². The van der Waals surface area contributed by atoms with Gasteiger partial charge in [-0.3, -0.25) is 4.79 Å². The molecule has 0 aliphatic heterocycles. The topological polar surface area (TPSA) is 72.5 Å². The van der Waals surface area contributed by atoms with Crippen LogP contribution in [0.25, 0.3) is 0 Å². The number of fused-ring (bicyclic) bond motifs is 1. The number of ether oxygens (including phenoxy) is 1. The lowest BCUT2D eigenvalue weighted by atomic mass is 9.48. The molecule has 0 aromatic carbocycles. The van der Waals surface area contributed by atoms with Crippen molar-refractivity contribution in [1.82, 2.24) is 0 Å². The fraction of sp³-hybridized carbons (Fsp3) is 0.808. The number of carbonyl (C=O) groups excluding carboxylic acids is 1. The second-order valence-electron chi connectivity index (χ2n) is 11.3. The molecule has 0 spiro atoms.